The fourth-order valence-corrected chi connectivity index (χ4v) is 3.55. The molecule has 152 valence electrons. The molecule has 0 atom stereocenters. The van der Waals surface area contributed by atoms with Crippen molar-refractivity contribution in [3.05, 3.63) is 87.9 Å². The third-order valence-corrected chi connectivity index (χ3v) is 5.30. The number of carbonyl (C=O) groups is 1. The predicted molar refractivity (Wildman–Crippen MR) is 117 cm³/mol. The van der Waals surface area contributed by atoms with Gasteiger partial charge in [-0.25, -0.2) is 9.67 Å². The molecule has 0 spiro atoms. The van der Waals surface area contributed by atoms with Crippen molar-refractivity contribution in [2.75, 3.05) is 5.32 Å². The molecule has 0 aliphatic rings. The molecule has 0 radical (unpaired) electrons. The maximum atomic E-state index is 12.6. The third kappa shape index (κ3) is 4.40. The van der Waals surface area contributed by atoms with Crippen LogP contribution >= 0.6 is 23.2 Å². The molecule has 6 nitrogen and oxygen atoms in total. The van der Waals surface area contributed by atoms with E-state index in [2.05, 4.69) is 15.4 Å². The van der Waals surface area contributed by atoms with Crippen LogP contribution in [-0.2, 0) is 17.8 Å². The Morgan fingerprint density at radius 2 is 1.80 bits per heavy atom. The van der Waals surface area contributed by atoms with Crippen LogP contribution in [-0.4, -0.2) is 20.7 Å². The van der Waals surface area contributed by atoms with Crippen LogP contribution in [0, 0.1) is 6.92 Å². The summed E-state index contributed by atoms with van der Waals surface area (Å²) in [6, 6.07) is 16.6. The van der Waals surface area contributed by atoms with Crippen molar-refractivity contribution in [3.63, 3.8) is 0 Å². The van der Waals surface area contributed by atoms with E-state index in [-0.39, 0.29) is 12.3 Å². The molecule has 2 aromatic heterocycles. The summed E-state index contributed by atoms with van der Waals surface area (Å²) in [5, 5.41) is 8.22. The van der Waals surface area contributed by atoms with Gasteiger partial charge in [0.1, 0.15) is 11.6 Å². The lowest BCUT2D eigenvalue weighted by molar-refractivity contribution is -0.115. The highest BCUT2D eigenvalue weighted by atomic mass is 35.5. The minimum absolute atomic E-state index is 0.0835. The number of rotatable bonds is 6. The molecule has 0 fully saturated rings. The minimum atomic E-state index is -0.224. The Kier molecular flexibility index (Phi) is 5.88. The van der Waals surface area contributed by atoms with E-state index in [0.717, 1.165) is 11.1 Å². The van der Waals surface area contributed by atoms with E-state index >= 15 is 0 Å². The lowest BCUT2D eigenvalue weighted by atomic mass is 10.2. The number of benzene rings is 2. The molecule has 4 aromatic rings. The van der Waals surface area contributed by atoms with Gasteiger partial charge in [0, 0.05) is 27.2 Å². The first kappa shape index (κ1) is 20.2. The van der Waals surface area contributed by atoms with Crippen molar-refractivity contribution < 1.29 is 9.21 Å². The monoisotopic (exact) mass is 440 g/mol. The summed E-state index contributed by atoms with van der Waals surface area (Å²) < 4.78 is 7.36. The first-order chi connectivity index (χ1) is 14.5. The first-order valence-electron chi connectivity index (χ1n) is 9.27. The Hall–Kier alpha value is -3.09. The number of oxazole rings is 1. The van der Waals surface area contributed by atoms with Crippen LogP contribution in [0.25, 0.3) is 11.5 Å². The van der Waals surface area contributed by atoms with Gasteiger partial charge in [-0.2, -0.15) is 5.10 Å². The van der Waals surface area contributed by atoms with Gasteiger partial charge in [-0.1, -0.05) is 47.5 Å². The molecule has 0 saturated carbocycles. The molecule has 8 heteroatoms. The highest BCUT2D eigenvalue weighted by Crippen LogP contribution is 2.26. The molecule has 30 heavy (non-hydrogen) atoms. The van der Waals surface area contributed by atoms with E-state index in [0.29, 0.717) is 39.8 Å². The highest BCUT2D eigenvalue weighted by molar-refractivity contribution is 6.36. The Balaban J connectivity index is 1.47. The number of nitrogens with one attached hydrogen (secondary N) is 1. The second-order valence-electron chi connectivity index (χ2n) is 6.69. The number of aryl methyl sites for hydroxylation is 1. The fourth-order valence-electron chi connectivity index (χ4n) is 3.03. The zero-order valence-electron chi connectivity index (χ0n) is 16.1. The number of aromatic nitrogens is 3. The second-order valence-corrected chi connectivity index (χ2v) is 7.50. The van der Waals surface area contributed by atoms with Gasteiger partial charge in [-0.05, 0) is 31.2 Å². The number of anilines is 1. The van der Waals surface area contributed by atoms with Gasteiger partial charge >= 0.3 is 0 Å². The number of carbonyl (C=O) groups excluding carboxylic acids is 1. The summed E-state index contributed by atoms with van der Waals surface area (Å²) in [6.45, 7) is 2.13. The van der Waals surface area contributed by atoms with Crippen LogP contribution in [0.5, 0.6) is 0 Å². The molecular formula is C22H18Cl2N4O2. The first-order valence-corrected chi connectivity index (χ1v) is 10.0. The van der Waals surface area contributed by atoms with Crippen molar-refractivity contribution in [1.82, 2.24) is 14.8 Å². The van der Waals surface area contributed by atoms with E-state index in [4.69, 9.17) is 27.6 Å². The smallest absolute Gasteiger partial charge is 0.231 e. The Labute approximate surface area is 183 Å². The molecule has 0 aliphatic carbocycles. The molecule has 0 bridgehead atoms. The molecule has 2 aromatic carbocycles. The van der Waals surface area contributed by atoms with Crippen LogP contribution in [0.4, 0.5) is 5.82 Å². The van der Waals surface area contributed by atoms with E-state index in [1.165, 1.54) is 0 Å². The maximum Gasteiger partial charge on any atom is 0.231 e. The van der Waals surface area contributed by atoms with Crippen molar-refractivity contribution in [1.29, 1.82) is 0 Å². The van der Waals surface area contributed by atoms with Gasteiger partial charge in [-0.15, -0.1) is 0 Å². The van der Waals surface area contributed by atoms with Crippen LogP contribution in [0.2, 0.25) is 10.0 Å². The number of hydrogen-bond acceptors (Lipinski definition) is 4. The molecule has 0 unspecified atom stereocenters. The van der Waals surface area contributed by atoms with Crippen molar-refractivity contribution in [2.24, 2.45) is 0 Å². The van der Waals surface area contributed by atoms with Crippen molar-refractivity contribution in [2.45, 2.75) is 19.9 Å². The lowest BCUT2D eigenvalue weighted by Crippen LogP contribution is -2.18. The van der Waals surface area contributed by atoms with E-state index in [1.54, 1.807) is 42.1 Å². The molecule has 1 amide bonds. The van der Waals surface area contributed by atoms with E-state index in [1.807, 2.05) is 30.3 Å². The largest absolute Gasteiger partial charge is 0.441 e. The Bertz CT molecular complexity index is 1160. The van der Waals surface area contributed by atoms with Gasteiger partial charge in [0.25, 0.3) is 0 Å². The van der Waals surface area contributed by atoms with E-state index < -0.39 is 0 Å². The molecule has 0 saturated heterocycles. The maximum absolute atomic E-state index is 12.6. The Morgan fingerprint density at radius 3 is 2.53 bits per heavy atom. The highest BCUT2D eigenvalue weighted by Gasteiger charge is 2.16. The van der Waals surface area contributed by atoms with Crippen molar-refractivity contribution in [3.8, 4) is 11.5 Å². The molecule has 0 aliphatic heterocycles. The average Bonchev–Trinajstić information content (AvgIpc) is 3.32. The van der Waals surface area contributed by atoms with Gasteiger partial charge in [0.05, 0.1) is 24.9 Å². The zero-order chi connectivity index (χ0) is 21.1. The molecule has 4 rings (SSSR count). The predicted octanol–water partition coefficient (Wildman–Crippen LogP) is 5.38. The minimum Gasteiger partial charge on any atom is -0.441 e. The van der Waals surface area contributed by atoms with Crippen LogP contribution < -0.4 is 5.32 Å². The molecule has 2 heterocycles. The fraction of sp³-hybridized carbons (Fsp3) is 0.136. The van der Waals surface area contributed by atoms with Gasteiger partial charge in [-0.3, -0.25) is 4.79 Å². The third-order valence-electron chi connectivity index (χ3n) is 4.60. The zero-order valence-corrected chi connectivity index (χ0v) is 17.6. The van der Waals surface area contributed by atoms with Gasteiger partial charge < -0.3 is 9.73 Å². The summed E-state index contributed by atoms with van der Waals surface area (Å²) in [7, 11) is 0. The van der Waals surface area contributed by atoms with Crippen LogP contribution in [0.15, 0.2) is 65.2 Å². The van der Waals surface area contributed by atoms with E-state index in [9.17, 15) is 4.79 Å². The SMILES string of the molecule is Cc1oc(-c2ccccc2)nc1CC(=O)Nc1ccnn1Cc1c(Cl)cccc1Cl. The standard InChI is InChI=1S/C22H18Cl2N4O2/c1-14-19(26-22(30-14)15-6-3-2-4-7-15)12-21(29)27-20-10-11-25-28(20)13-16-17(23)8-5-9-18(16)24/h2-11H,12-13H2,1H3,(H,27,29). The lowest BCUT2D eigenvalue weighted by Gasteiger charge is -2.11. The quantitative estimate of drug-likeness (QED) is 0.436. The Morgan fingerprint density at radius 1 is 1.07 bits per heavy atom. The van der Waals surface area contributed by atoms with Gasteiger partial charge in [0.15, 0.2) is 0 Å². The number of halogens is 2. The molecular weight excluding hydrogens is 423 g/mol. The summed E-state index contributed by atoms with van der Waals surface area (Å²) in [5.41, 5.74) is 2.19. The second kappa shape index (κ2) is 8.73. The van der Waals surface area contributed by atoms with Crippen molar-refractivity contribution >= 4 is 34.9 Å². The topological polar surface area (TPSA) is 73.0 Å². The number of hydrogen-bond donors (Lipinski definition) is 1. The summed E-state index contributed by atoms with van der Waals surface area (Å²) in [6.07, 6.45) is 1.69. The summed E-state index contributed by atoms with van der Waals surface area (Å²) in [4.78, 5) is 17.1. The van der Waals surface area contributed by atoms with Gasteiger partial charge in [0.2, 0.25) is 11.8 Å². The number of amides is 1. The average molecular weight is 441 g/mol. The molecule has 1 N–H and O–H groups in total. The summed E-state index contributed by atoms with van der Waals surface area (Å²) in [5.74, 6) is 1.42. The van der Waals surface area contributed by atoms with Crippen LogP contribution in [0.3, 0.4) is 0 Å². The number of nitrogens with zero attached hydrogens (tertiary/aromatic N) is 3. The normalized spacial score (nSPS) is 10.9. The summed E-state index contributed by atoms with van der Waals surface area (Å²) >= 11 is 12.5. The van der Waals surface area contributed by atoms with Crippen LogP contribution in [0.1, 0.15) is 17.0 Å².